The summed E-state index contributed by atoms with van der Waals surface area (Å²) in [6, 6.07) is 0. The second kappa shape index (κ2) is 4.08. The van der Waals surface area contributed by atoms with Crippen LogP contribution < -0.4 is 5.32 Å². The summed E-state index contributed by atoms with van der Waals surface area (Å²) in [5.74, 6) is 0.0857. The van der Waals surface area contributed by atoms with Crippen molar-refractivity contribution in [2.75, 3.05) is 0 Å². The van der Waals surface area contributed by atoms with Crippen molar-refractivity contribution in [1.82, 2.24) is 5.32 Å². The summed E-state index contributed by atoms with van der Waals surface area (Å²) in [6.07, 6.45) is 5.16. The van der Waals surface area contributed by atoms with E-state index in [0.717, 1.165) is 12.1 Å². The molecule has 1 rings (SSSR count). The third-order valence-corrected chi connectivity index (χ3v) is 2.31. The zero-order chi connectivity index (χ0) is 9.84. The quantitative estimate of drug-likeness (QED) is 0.689. The van der Waals surface area contributed by atoms with Crippen LogP contribution in [0.3, 0.4) is 0 Å². The molecule has 0 saturated heterocycles. The van der Waals surface area contributed by atoms with Gasteiger partial charge in [0, 0.05) is 12.1 Å². The molecule has 0 spiro atoms. The summed E-state index contributed by atoms with van der Waals surface area (Å²) in [4.78, 5) is 11.1. The van der Waals surface area contributed by atoms with Gasteiger partial charge in [-0.25, -0.2) is 0 Å². The van der Waals surface area contributed by atoms with Crippen LogP contribution in [0.2, 0.25) is 0 Å². The van der Waals surface area contributed by atoms with E-state index in [0.29, 0.717) is 6.42 Å². The van der Waals surface area contributed by atoms with Crippen molar-refractivity contribution in [3.05, 3.63) is 35.6 Å². The Morgan fingerprint density at radius 1 is 1.54 bits per heavy atom. The fourth-order valence-electron chi connectivity index (χ4n) is 1.42. The molecule has 0 aromatic carbocycles. The standard InChI is InChI=1S/C11H15NO/c1-4-8(3)9-6-7-11(13)12-10(9)5-2/h4-5H,2,6-7H2,1,3H3,(H,12,13)/b8-4-. The topological polar surface area (TPSA) is 29.1 Å². The predicted molar refractivity (Wildman–Crippen MR) is 54.0 cm³/mol. The van der Waals surface area contributed by atoms with Gasteiger partial charge in [0.05, 0.1) is 0 Å². The maximum absolute atomic E-state index is 11.1. The van der Waals surface area contributed by atoms with Crippen LogP contribution in [0.5, 0.6) is 0 Å². The summed E-state index contributed by atoms with van der Waals surface area (Å²) < 4.78 is 0. The molecule has 1 amide bonds. The summed E-state index contributed by atoms with van der Waals surface area (Å²) in [5.41, 5.74) is 3.29. The number of rotatable bonds is 2. The largest absolute Gasteiger partial charge is 0.326 e. The molecule has 2 nitrogen and oxygen atoms in total. The van der Waals surface area contributed by atoms with Gasteiger partial charge >= 0.3 is 0 Å². The first-order valence-electron chi connectivity index (χ1n) is 4.47. The van der Waals surface area contributed by atoms with Crippen molar-refractivity contribution in [1.29, 1.82) is 0 Å². The van der Waals surface area contributed by atoms with Gasteiger partial charge < -0.3 is 5.32 Å². The lowest BCUT2D eigenvalue weighted by molar-refractivity contribution is -0.120. The van der Waals surface area contributed by atoms with E-state index < -0.39 is 0 Å². The minimum atomic E-state index is 0.0857. The third kappa shape index (κ3) is 2.08. The number of hydrogen-bond donors (Lipinski definition) is 1. The highest BCUT2D eigenvalue weighted by Crippen LogP contribution is 2.22. The molecule has 2 heteroatoms. The molecule has 0 radical (unpaired) electrons. The van der Waals surface area contributed by atoms with Crippen LogP contribution in [0.25, 0.3) is 0 Å². The fraction of sp³-hybridized carbons (Fsp3) is 0.364. The first kappa shape index (κ1) is 9.78. The van der Waals surface area contributed by atoms with Crippen molar-refractivity contribution >= 4 is 5.91 Å². The Labute approximate surface area is 79.0 Å². The summed E-state index contributed by atoms with van der Waals surface area (Å²) >= 11 is 0. The molecule has 0 unspecified atom stereocenters. The maximum Gasteiger partial charge on any atom is 0.224 e. The highest BCUT2D eigenvalue weighted by atomic mass is 16.1. The normalized spacial score (nSPS) is 18.6. The summed E-state index contributed by atoms with van der Waals surface area (Å²) in [5, 5.41) is 2.81. The Morgan fingerprint density at radius 2 is 2.23 bits per heavy atom. The maximum atomic E-state index is 11.1. The molecule has 1 aliphatic rings. The Balaban J connectivity index is 3.02. The Bertz CT molecular complexity index is 297. The third-order valence-electron chi connectivity index (χ3n) is 2.31. The van der Waals surface area contributed by atoms with Crippen LogP contribution in [0.1, 0.15) is 26.7 Å². The van der Waals surface area contributed by atoms with E-state index in [4.69, 9.17) is 0 Å². The van der Waals surface area contributed by atoms with E-state index in [1.165, 1.54) is 11.1 Å². The minimum Gasteiger partial charge on any atom is -0.326 e. The molecule has 13 heavy (non-hydrogen) atoms. The lowest BCUT2D eigenvalue weighted by Crippen LogP contribution is -2.27. The van der Waals surface area contributed by atoms with E-state index in [1.54, 1.807) is 6.08 Å². The average molecular weight is 177 g/mol. The van der Waals surface area contributed by atoms with Crippen LogP contribution in [-0.4, -0.2) is 5.91 Å². The smallest absolute Gasteiger partial charge is 0.224 e. The van der Waals surface area contributed by atoms with Gasteiger partial charge in [0.25, 0.3) is 0 Å². The predicted octanol–water partition coefficient (Wildman–Crippen LogP) is 2.30. The van der Waals surface area contributed by atoms with Gasteiger partial charge in [-0.15, -0.1) is 0 Å². The molecular formula is C11H15NO. The number of carbonyl (C=O) groups is 1. The van der Waals surface area contributed by atoms with E-state index in [2.05, 4.69) is 24.9 Å². The van der Waals surface area contributed by atoms with E-state index in [-0.39, 0.29) is 5.91 Å². The van der Waals surface area contributed by atoms with E-state index >= 15 is 0 Å². The van der Waals surface area contributed by atoms with Crippen LogP contribution in [-0.2, 0) is 4.79 Å². The minimum absolute atomic E-state index is 0.0857. The van der Waals surface area contributed by atoms with Gasteiger partial charge in [-0.3, -0.25) is 4.79 Å². The Hall–Kier alpha value is -1.31. The second-order valence-electron chi connectivity index (χ2n) is 3.12. The Kier molecular flexibility index (Phi) is 3.07. The second-order valence-corrected chi connectivity index (χ2v) is 3.12. The summed E-state index contributed by atoms with van der Waals surface area (Å²) in [7, 11) is 0. The van der Waals surface area contributed by atoms with Crippen LogP contribution in [0, 0.1) is 0 Å². The number of amides is 1. The molecule has 0 bridgehead atoms. The van der Waals surface area contributed by atoms with Crippen LogP contribution in [0.4, 0.5) is 0 Å². The zero-order valence-corrected chi connectivity index (χ0v) is 8.18. The lowest BCUT2D eigenvalue weighted by atomic mass is 9.96. The van der Waals surface area contributed by atoms with Crippen LogP contribution >= 0.6 is 0 Å². The monoisotopic (exact) mass is 177 g/mol. The fourth-order valence-corrected chi connectivity index (χ4v) is 1.42. The molecule has 0 fully saturated rings. The number of carbonyl (C=O) groups excluding carboxylic acids is 1. The van der Waals surface area contributed by atoms with Gasteiger partial charge in [0.2, 0.25) is 5.91 Å². The van der Waals surface area contributed by atoms with E-state index in [9.17, 15) is 4.79 Å². The first-order chi connectivity index (χ1) is 6.19. The molecule has 0 saturated carbocycles. The van der Waals surface area contributed by atoms with E-state index in [1.807, 2.05) is 6.92 Å². The lowest BCUT2D eigenvalue weighted by Gasteiger charge is -2.19. The molecule has 1 heterocycles. The molecule has 1 N–H and O–H groups in total. The average Bonchev–Trinajstić information content (AvgIpc) is 2.16. The SMILES string of the molecule is C=CC1=C(/C(C)=C\C)CCC(=O)N1. The van der Waals surface area contributed by atoms with Crippen molar-refractivity contribution in [2.45, 2.75) is 26.7 Å². The van der Waals surface area contributed by atoms with Crippen molar-refractivity contribution in [2.24, 2.45) is 0 Å². The molecule has 70 valence electrons. The number of hydrogen-bond acceptors (Lipinski definition) is 1. The zero-order valence-electron chi connectivity index (χ0n) is 8.18. The van der Waals surface area contributed by atoms with Gasteiger partial charge in [-0.2, -0.15) is 0 Å². The molecule has 0 aromatic rings. The number of nitrogens with one attached hydrogen (secondary N) is 1. The molecular weight excluding hydrogens is 162 g/mol. The highest BCUT2D eigenvalue weighted by Gasteiger charge is 2.15. The van der Waals surface area contributed by atoms with Crippen molar-refractivity contribution in [3.8, 4) is 0 Å². The van der Waals surface area contributed by atoms with Gasteiger partial charge in [-0.05, 0) is 31.9 Å². The molecule has 0 aliphatic carbocycles. The van der Waals surface area contributed by atoms with Gasteiger partial charge in [0.15, 0.2) is 0 Å². The molecule has 0 aromatic heterocycles. The van der Waals surface area contributed by atoms with Gasteiger partial charge in [-0.1, -0.05) is 18.2 Å². The molecule has 0 atom stereocenters. The van der Waals surface area contributed by atoms with Crippen LogP contribution in [0.15, 0.2) is 35.6 Å². The summed E-state index contributed by atoms with van der Waals surface area (Å²) in [6.45, 7) is 7.74. The molecule has 1 aliphatic heterocycles. The van der Waals surface area contributed by atoms with Crippen molar-refractivity contribution < 1.29 is 4.79 Å². The Morgan fingerprint density at radius 3 is 2.77 bits per heavy atom. The number of allylic oxidation sites excluding steroid dienone is 4. The van der Waals surface area contributed by atoms with Crippen molar-refractivity contribution in [3.63, 3.8) is 0 Å². The first-order valence-corrected chi connectivity index (χ1v) is 4.47. The van der Waals surface area contributed by atoms with Gasteiger partial charge in [0.1, 0.15) is 0 Å². The highest BCUT2D eigenvalue weighted by molar-refractivity contribution is 5.81.